The van der Waals surface area contributed by atoms with E-state index >= 15 is 0 Å². The second kappa shape index (κ2) is 7.74. The van der Waals surface area contributed by atoms with Crippen molar-refractivity contribution in [3.63, 3.8) is 0 Å². The summed E-state index contributed by atoms with van der Waals surface area (Å²) in [6, 6.07) is 1.69. The van der Waals surface area contributed by atoms with Crippen LogP contribution in [0.2, 0.25) is 0 Å². The molecule has 0 unspecified atom stereocenters. The molecule has 0 radical (unpaired) electrons. The molecular weight excluding hydrogens is 340 g/mol. The number of hydrogen-bond donors (Lipinski definition) is 0. The molecule has 0 aromatic heterocycles. The second-order valence-electron chi connectivity index (χ2n) is 6.47. The molecule has 0 N–H and O–H groups in total. The maximum atomic E-state index is 13.2. The number of carbonyl (C=O) groups excluding carboxylic acids is 1. The topological polar surface area (TPSA) is 66.9 Å². The summed E-state index contributed by atoms with van der Waals surface area (Å²) in [5.74, 6) is 0.804. The van der Waals surface area contributed by atoms with E-state index in [1.54, 1.807) is 18.1 Å². The minimum absolute atomic E-state index is 0.0755. The lowest BCUT2D eigenvalue weighted by molar-refractivity contribution is -0.130. The second-order valence-corrected chi connectivity index (χ2v) is 8.37. The molecule has 1 heterocycles. The zero-order valence-electron chi connectivity index (χ0n) is 15.8. The lowest BCUT2D eigenvalue weighted by Gasteiger charge is -2.24. The maximum Gasteiger partial charge on any atom is 0.243 e. The molecule has 2 rings (SSSR count). The molecule has 0 spiro atoms. The first-order valence-corrected chi connectivity index (χ1v) is 10.1. The molecule has 0 atom stereocenters. The molecular formula is C18H28N2O4S. The van der Waals surface area contributed by atoms with E-state index < -0.39 is 10.0 Å². The first-order valence-electron chi connectivity index (χ1n) is 8.66. The fourth-order valence-corrected chi connectivity index (χ4v) is 5.18. The van der Waals surface area contributed by atoms with Crippen LogP contribution in [-0.2, 0) is 14.8 Å². The van der Waals surface area contributed by atoms with Gasteiger partial charge in [0.1, 0.15) is 5.75 Å². The highest BCUT2D eigenvalue weighted by Gasteiger charge is 2.30. The van der Waals surface area contributed by atoms with E-state index in [-0.39, 0.29) is 5.91 Å². The largest absolute Gasteiger partial charge is 0.496 e. The summed E-state index contributed by atoms with van der Waals surface area (Å²) >= 11 is 0. The first-order chi connectivity index (χ1) is 11.7. The third-order valence-corrected chi connectivity index (χ3v) is 6.94. The van der Waals surface area contributed by atoms with Crippen LogP contribution in [0.1, 0.15) is 36.5 Å². The van der Waals surface area contributed by atoms with Gasteiger partial charge in [-0.05, 0) is 49.9 Å². The number of rotatable bonds is 4. The summed E-state index contributed by atoms with van der Waals surface area (Å²) in [5, 5.41) is 0. The van der Waals surface area contributed by atoms with Crippen molar-refractivity contribution in [2.45, 2.75) is 45.4 Å². The molecule has 25 heavy (non-hydrogen) atoms. The fourth-order valence-electron chi connectivity index (χ4n) is 3.35. The minimum Gasteiger partial charge on any atom is -0.496 e. The minimum atomic E-state index is -3.60. The van der Waals surface area contributed by atoms with Crippen LogP contribution < -0.4 is 4.74 Å². The highest BCUT2D eigenvalue weighted by molar-refractivity contribution is 7.89. The summed E-state index contributed by atoms with van der Waals surface area (Å²) in [6.45, 7) is 9.19. The van der Waals surface area contributed by atoms with Crippen molar-refractivity contribution < 1.29 is 17.9 Å². The van der Waals surface area contributed by atoms with E-state index in [0.717, 1.165) is 16.9 Å². The highest BCUT2D eigenvalue weighted by Crippen LogP contribution is 2.32. The summed E-state index contributed by atoms with van der Waals surface area (Å²) < 4.78 is 33.3. The smallest absolute Gasteiger partial charge is 0.243 e. The molecule has 0 bridgehead atoms. The quantitative estimate of drug-likeness (QED) is 0.818. The highest BCUT2D eigenvalue weighted by atomic mass is 32.2. The molecule has 1 fully saturated rings. The number of benzene rings is 1. The van der Waals surface area contributed by atoms with Crippen LogP contribution in [0.25, 0.3) is 0 Å². The van der Waals surface area contributed by atoms with Gasteiger partial charge >= 0.3 is 0 Å². The number of amides is 1. The average Bonchev–Trinajstić information content (AvgIpc) is 2.84. The Morgan fingerprint density at radius 1 is 1.12 bits per heavy atom. The van der Waals surface area contributed by atoms with Gasteiger partial charge in [0.2, 0.25) is 15.9 Å². The number of carbonyl (C=O) groups is 1. The molecule has 1 saturated heterocycles. The Labute approximate surface area is 150 Å². The van der Waals surface area contributed by atoms with Gasteiger partial charge in [-0.15, -0.1) is 0 Å². The summed E-state index contributed by atoms with van der Waals surface area (Å²) in [4.78, 5) is 14.0. The summed E-state index contributed by atoms with van der Waals surface area (Å²) in [6.07, 6.45) is 1.10. The molecule has 140 valence electrons. The normalized spacial score (nSPS) is 16.6. The molecule has 7 heteroatoms. The molecule has 1 aliphatic heterocycles. The lowest BCUT2D eigenvalue weighted by atomic mass is 10.1. The number of hydrogen-bond acceptors (Lipinski definition) is 4. The van der Waals surface area contributed by atoms with Crippen LogP contribution in [0, 0.1) is 20.8 Å². The Kier molecular flexibility index (Phi) is 6.11. The molecule has 1 amide bonds. The van der Waals surface area contributed by atoms with Gasteiger partial charge in [-0.3, -0.25) is 4.79 Å². The van der Waals surface area contributed by atoms with E-state index in [0.29, 0.717) is 49.5 Å². The van der Waals surface area contributed by atoms with Crippen molar-refractivity contribution in [2.24, 2.45) is 0 Å². The standard InChI is InChI=1S/C18H28N2O4S/c1-6-17(21)19-8-7-9-20(11-10-19)25(22,23)16-12-13(2)18(24-5)15(4)14(16)3/h12H,6-11H2,1-5H3. The van der Waals surface area contributed by atoms with E-state index in [1.165, 1.54) is 4.31 Å². The zero-order valence-corrected chi connectivity index (χ0v) is 16.6. The van der Waals surface area contributed by atoms with Crippen molar-refractivity contribution in [3.8, 4) is 5.75 Å². The van der Waals surface area contributed by atoms with Gasteiger partial charge in [0.15, 0.2) is 0 Å². The Balaban J connectivity index is 2.35. The summed E-state index contributed by atoms with van der Waals surface area (Å²) in [5.41, 5.74) is 2.37. The van der Waals surface area contributed by atoms with E-state index in [1.807, 2.05) is 27.7 Å². The molecule has 1 aromatic rings. The zero-order chi connectivity index (χ0) is 18.8. The van der Waals surface area contributed by atoms with Crippen molar-refractivity contribution in [3.05, 3.63) is 22.8 Å². The van der Waals surface area contributed by atoms with Gasteiger partial charge in [0.25, 0.3) is 0 Å². The molecule has 0 aliphatic carbocycles. The maximum absolute atomic E-state index is 13.2. The van der Waals surface area contributed by atoms with Crippen molar-refractivity contribution >= 4 is 15.9 Å². The predicted octanol–water partition coefficient (Wildman–Crippen LogP) is 2.25. The van der Waals surface area contributed by atoms with E-state index in [2.05, 4.69) is 0 Å². The fraction of sp³-hybridized carbons (Fsp3) is 0.611. The molecule has 6 nitrogen and oxygen atoms in total. The first kappa shape index (κ1) is 19.7. The van der Waals surface area contributed by atoms with Crippen LogP contribution in [-0.4, -0.2) is 56.8 Å². The molecule has 1 aliphatic rings. The van der Waals surface area contributed by atoms with Gasteiger partial charge in [0.05, 0.1) is 12.0 Å². The van der Waals surface area contributed by atoms with E-state index in [4.69, 9.17) is 4.74 Å². The lowest BCUT2D eigenvalue weighted by Crippen LogP contribution is -2.37. The van der Waals surface area contributed by atoms with Crippen LogP contribution in [0.5, 0.6) is 5.75 Å². The number of sulfonamides is 1. The third-order valence-electron chi connectivity index (χ3n) is 4.91. The van der Waals surface area contributed by atoms with Gasteiger partial charge in [-0.25, -0.2) is 8.42 Å². The molecule has 0 saturated carbocycles. The van der Waals surface area contributed by atoms with Crippen LogP contribution in [0.3, 0.4) is 0 Å². The molecule has 1 aromatic carbocycles. The monoisotopic (exact) mass is 368 g/mol. The van der Waals surface area contributed by atoms with Gasteiger partial charge in [-0.1, -0.05) is 6.92 Å². The van der Waals surface area contributed by atoms with Gasteiger partial charge in [0, 0.05) is 32.6 Å². The van der Waals surface area contributed by atoms with Crippen molar-refractivity contribution in [1.29, 1.82) is 0 Å². The predicted molar refractivity (Wildman–Crippen MR) is 97.5 cm³/mol. The van der Waals surface area contributed by atoms with Crippen LogP contribution in [0.4, 0.5) is 0 Å². The SMILES string of the molecule is CCC(=O)N1CCCN(S(=O)(=O)c2cc(C)c(OC)c(C)c2C)CC1. The Morgan fingerprint density at radius 3 is 2.40 bits per heavy atom. The third kappa shape index (κ3) is 3.82. The number of methoxy groups -OCH3 is 1. The average molecular weight is 368 g/mol. The van der Waals surface area contributed by atoms with Crippen molar-refractivity contribution in [1.82, 2.24) is 9.21 Å². The Bertz CT molecular complexity index is 759. The van der Waals surface area contributed by atoms with Crippen molar-refractivity contribution in [2.75, 3.05) is 33.3 Å². The number of aryl methyl sites for hydroxylation is 1. The summed E-state index contributed by atoms with van der Waals surface area (Å²) in [7, 11) is -2.01. The van der Waals surface area contributed by atoms with E-state index in [9.17, 15) is 13.2 Å². The van der Waals surface area contributed by atoms with Gasteiger partial charge in [-0.2, -0.15) is 4.31 Å². The van der Waals surface area contributed by atoms with Crippen LogP contribution in [0.15, 0.2) is 11.0 Å². The van der Waals surface area contributed by atoms with Crippen LogP contribution >= 0.6 is 0 Å². The Morgan fingerprint density at radius 2 is 1.80 bits per heavy atom. The van der Waals surface area contributed by atoms with Gasteiger partial charge < -0.3 is 9.64 Å². The number of nitrogens with zero attached hydrogens (tertiary/aromatic N) is 2. The Hall–Kier alpha value is -1.60. The number of ether oxygens (including phenoxy) is 1.